The summed E-state index contributed by atoms with van der Waals surface area (Å²) in [4.78, 5) is 12.1. The maximum atomic E-state index is 14.7. The van der Waals surface area contributed by atoms with E-state index in [-0.39, 0.29) is 22.4 Å². The zero-order valence-corrected chi connectivity index (χ0v) is 27.4. The minimum absolute atomic E-state index is 0.116. The quantitative estimate of drug-likeness (QED) is 0.184. The SMILES string of the molecule is CC(C)S(=O)(=O)n1c(N)nc2ccc(-c3nc(-c4c(F)cccc4Cl)[nH]c3-c3ccccc3)cc21.CS(=O)(=O)O.CS(=O)(=O)O. The van der Waals surface area contributed by atoms with Gasteiger partial charge in [0.05, 0.1) is 50.8 Å². The van der Waals surface area contributed by atoms with E-state index in [0.717, 1.165) is 9.54 Å². The predicted octanol–water partition coefficient (Wildman–Crippen LogP) is 4.73. The number of nitrogens with two attached hydrogens (primary N) is 1. The number of rotatable bonds is 5. The molecule has 13 nitrogen and oxygen atoms in total. The maximum Gasteiger partial charge on any atom is 0.261 e. The highest BCUT2D eigenvalue weighted by molar-refractivity contribution is 7.90. The van der Waals surface area contributed by atoms with Crippen LogP contribution in [0.5, 0.6) is 0 Å². The van der Waals surface area contributed by atoms with Gasteiger partial charge >= 0.3 is 0 Å². The molecule has 5 rings (SSSR count). The smallest absolute Gasteiger partial charge is 0.261 e. The standard InChI is InChI=1S/C25H21ClFN5O2S.2CH4O3S/c1-14(2)35(33,34)32-20-13-16(11-12-19(20)29-25(32)28)23-22(15-7-4-3-5-8-15)30-24(31-23)21-17(26)9-6-10-18(21)27;2*1-5(2,3)4/h3-14H,1-2H3,(H2,28,29)(H,30,31);2*1H3,(H,2,3,4). The van der Waals surface area contributed by atoms with Gasteiger partial charge in [-0.15, -0.1) is 0 Å². The van der Waals surface area contributed by atoms with Gasteiger partial charge in [-0.05, 0) is 38.1 Å². The first kappa shape index (κ1) is 35.6. The molecule has 0 aliphatic carbocycles. The number of hydrogen-bond acceptors (Lipinski definition) is 9. The summed E-state index contributed by atoms with van der Waals surface area (Å²) in [6.07, 6.45) is 1.43. The molecule has 0 amide bonds. The first-order valence-corrected chi connectivity index (χ1v) is 18.2. The minimum atomic E-state index is -3.77. The summed E-state index contributed by atoms with van der Waals surface area (Å²) < 4.78 is 93.5. The van der Waals surface area contributed by atoms with Gasteiger partial charge in [-0.2, -0.15) is 16.8 Å². The van der Waals surface area contributed by atoms with Crippen molar-refractivity contribution in [3.63, 3.8) is 0 Å². The number of nitrogens with one attached hydrogen (secondary N) is 1. The Labute approximate surface area is 264 Å². The molecule has 45 heavy (non-hydrogen) atoms. The first-order chi connectivity index (χ1) is 20.7. The van der Waals surface area contributed by atoms with E-state index in [2.05, 4.69) is 9.97 Å². The Morgan fingerprint density at radius 3 is 1.98 bits per heavy atom. The van der Waals surface area contributed by atoms with E-state index in [1.807, 2.05) is 30.3 Å². The van der Waals surface area contributed by atoms with Crippen LogP contribution in [0.2, 0.25) is 5.02 Å². The molecule has 2 heterocycles. The zero-order valence-electron chi connectivity index (χ0n) is 24.2. The van der Waals surface area contributed by atoms with Crippen LogP contribution in [0.1, 0.15) is 13.8 Å². The highest BCUT2D eigenvalue weighted by Crippen LogP contribution is 2.37. The fourth-order valence-corrected chi connectivity index (χ4v) is 5.33. The highest BCUT2D eigenvalue weighted by Gasteiger charge is 2.26. The number of nitrogens with zero attached hydrogens (tertiary/aromatic N) is 3. The molecule has 0 spiro atoms. The molecule has 5 aromatic rings. The molecule has 0 saturated carbocycles. The average molecular weight is 702 g/mol. The van der Waals surface area contributed by atoms with Crippen LogP contribution >= 0.6 is 11.6 Å². The topological polar surface area (TPSA) is 215 Å². The molecule has 18 heteroatoms. The molecule has 0 radical (unpaired) electrons. The Bertz CT molecular complexity index is 2100. The monoisotopic (exact) mass is 701 g/mol. The van der Waals surface area contributed by atoms with Crippen LogP contribution in [-0.2, 0) is 30.3 Å². The third-order valence-corrected chi connectivity index (χ3v) is 8.13. The summed E-state index contributed by atoms with van der Waals surface area (Å²) in [6, 6.07) is 19.0. The number of nitrogen functional groups attached to an aromatic ring is 1. The normalized spacial score (nSPS) is 11.9. The molecule has 5 N–H and O–H groups in total. The number of fused-ring (bicyclic) bond motifs is 1. The lowest BCUT2D eigenvalue weighted by molar-refractivity contribution is 0.488. The lowest BCUT2D eigenvalue weighted by atomic mass is 10.0. The first-order valence-electron chi connectivity index (χ1n) is 12.7. The zero-order chi connectivity index (χ0) is 33.9. The number of benzene rings is 3. The van der Waals surface area contributed by atoms with E-state index in [9.17, 15) is 29.6 Å². The van der Waals surface area contributed by atoms with Crippen LogP contribution in [-0.4, -0.2) is 71.0 Å². The van der Waals surface area contributed by atoms with Gasteiger partial charge in [0.1, 0.15) is 11.6 Å². The second kappa shape index (κ2) is 13.6. The van der Waals surface area contributed by atoms with Gasteiger partial charge in [-0.1, -0.05) is 54.1 Å². The van der Waals surface area contributed by atoms with Gasteiger partial charge < -0.3 is 10.7 Å². The molecule has 3 aromatic carbocycles. The molecule has 0 aliphatic heterocycles. The number of anilines is 1. The van der Waals surface area contributed by atoms with Gasteiger partial charge in [0.25, 0.3) is 20.2 Å². The van der Waals surface area contributed by atoms with E-state index in [1.165, 1.54) is 12.1 Å². The molecule has 0 fully saturated rings. The molecule has 0 saturated heterocycles. The van der Waals surface area contributed by atoms with Crippen molar-refractivity contribution in [1.82, 2.24) is 18.9 Å². The van der Waals surface area contributed by atoms with Crippen molar-refractivity contribution in [3.8, 4) is 33.9 Å². The summed E-state index contributed by atoms with van der Waals surface area (Å²) in [6.45, 7) is 3.16. The molecular formula is C27H29ClFN5O8S3. The van der Waals surface area contributed by atoms with Crippen LogP contribution in [0.15, 0.2) is 66.7 Å². The van der Waals surface area contributed by atoms with Crippen LogP contribution in [0.4, 0.5) is 10.3 Å². The number of halogens is 2. The maximum absolute atomic E-state index is 14.7. The molecule has 0 bridgehead atoms. The van der Waals surface area contributed by atoms with Gasteiger partial charge in [-0.25, -0.2) is 26.7 Å². The minimum Gasteiger partial charge on any atom is -0.368 e. The van der Waals surface area contributed by atoms with Gasteiger partial charge in [0.15, 0.2) is 0 Å². The van der Waals surface area contributed by atoms with Crippen LogP contribution in [0.25, 0.3) is 44.9 Å². The third kappa shape index (κ3) is 9.32. The molecule has 0 atom stereocenters. The van der Waals surface area contributed by atoms with Crippen molar-refractivity contribution in [2.75, 3.05) is 18.2 Å². The molecular weight excluding hydrogens is 673 g/mol. The predicted molar refractivity (Wildman–Crippen MR) is 172 cm³/mol. The van der Waals surface area contributed by atoms with E-state index in [4.69, 9.17) is 31.4 Å². The van der Waals surface area contributed by atoms with Crippen molar-refractivity contribution < 1.29 is 38.7 Å². The Morgan fingerprint density at radius 2 is 1.44 bits per heavy atom. The summed E-state index contributed by atoms with van der Waals surface area (Å²) >= 11 is 6.31. The third-order valence-electron chi connectivity index (χ3n) is 5.73. The van der Waals surface area contributed by atoms with E-state index in [0.29, 0.717) is 40.5 Å². The van der Waals surface area contributed by atoms with Crippen LogP contribution in [0, 0.1) is 5.82 Å². The van der Waals surface area contributed by atoms with Crippen molar-refractivity contribution >= 4 is 58.8 Å². The Morgan fingerprint density at radius 1 is 0.867 bits per heavy atom. The van der Waals surface area contributed by atoms with Crippen molar-refractivity contribution in [1.29, 1.82) is 0 Å². The second-order valence-electron chi connectivity index (χ2n) is 9.77. The van der Waals surface area contributed by atoms with Crippen LogP contribution in [0.3, 0.4) is 0 Å². The Kier molecular flexibility index (Phi) is 10.8. The average Bonchev–Trinajstić information content (AvgIpc) is 3.47. The fourth-order valence-electron chi connectivity index (χ4n) is 3.94. The number of aromatic nitrogens is 4. The number of imidazole rings is 2. The van der Waals surface area contributed by atoms with Gasteiger partial charge in [0.2, 0.25) is 16.0 Å². The van der Waals surface area contributed by atoms with Gasteiger partial charge in [-0.3, -0.25) is 9.11 Å². The lowest BCUT2D eigenvalue weighted by Crippen LogP contribution is -2.23. The van der Waals surface area contributed by atoms with Crippen molar-refractivity contribution in [2.24, 2.45) is 0 Å². The number of hydrogen-bond donors (Lipinski definition) is 4. The largest absolute Gasteiger partial charge is 0.368 e. The molecule has 0 aliphatic rings. The molecule has 2 aromatic heterocycles. The Balaban J connectivity index is 0.000000482. The second-order valence-corrected chi connectivity index (χ2v) is 15.4. The highest BCUT2D eigenvalue weighted by atomic mass is 35.5. The number of H-pyrrole nitrogens is 1. The van der Waals surface area contributed by atoms with E-state index >= 15 is 0 Å². The van der Waals surface area contributed by atoms with E-state index < -0.39 is 41.3 Å². The summed E-state index contributed by atoms with van der Waals surface area (Å²) in [5, 5.41) is -0.486. The van der Waals surface area contributed by atoms with E-state index in [1.54, 1.807) is 38.1 Å². The van der Waals surface area contributed by atoms with Gasteiger partial charge in [0, 0.05) is 11.1 Å². The van der Waals surface area contributed by atoms with Crippen molar-refractivity contribution in [2.45, 2.75) is 19.1 Å². The molecule has 0 unspecified atom stereocenters. The summed E-state index contributed by atoms with van der Waals surface area (Å²) in [5.74, 6) is -0.374. The number of aromatic amines is 1. The Hall–Kier alpha value is -3.87. The van der Waals surface area contributed by atoms with Crippen molar-refractivity contribution in [3.05, 3.63) is 77.6 Å². The van der Waals surface area contributed by atoms with Crippen LogP contribution < -0.4 is 5.73 Å². The summed E-state index contributed by atoms with van der Waals surface area (Å²) in [7, 11) is -11.1. The summed E-state index contributed by atoms with van der Waals surface area (Å²) in [5.41, 5.74) is 9.46. The molecule has 242 valence electrons. The fraction of sp³-hybridized carbons (Fsp3) is 0.185. The lowest BCUT2D eigenvalue weighted by Gasteiger charge is -2.11.